The third-order valence-corrected chi connectivity index (χ3v) is 3.80. The number of nitrogens with zero attached hydrogens (tertiary/aromatic N) is 2. The average molecular weight is 336 g/mol. The lowest BCUT2D eigenvalue weighted by atomic mass is 10.2. The molecule has 0 aliphatic carbocycles. The van der Waals surface area contributed by atoms with Gasteiger partial charge in [-0.05, 0) is 18.2 Å². The zero-order chi connectivity index (χ0) is 17.7. The van der Waals surface area contributed by atoms with Gasteiger partial charge in [0.1, 0.15) is 5.82 Å². The summed E-state index contributed by atoms with van der Waals surface area (Å²) in [6.45, 7) is 4.94. The Labute approximate surface area is 139 Å². The van der Waals surface area contributed by atoms with Crippen LogP contribution < -0.4 is 10.6 Å². The van der Waals surface area contributed by atoms with E-state index in [1.165, 1.54) is 32.0 Å². The van der Waals surface area contributed by atoms with Gasteiger partial charge in [0.15, 0.2) is 0 Å². The molecule has 0 aromatic heterocycles. The monoisotopic (exact) mass is 336 g/mol. The molecule has 0 unspecified atom stereocenters. The van der Waals surface area contributed by atoms with Crippen molar-refractivity contribution in [1.29, 1.82) is 0 Å². The number of hydrogen-bond donors (Lipinski definition) is 2. The molecule has 3 amide bonds. The molecule has 1 aromatic rings. The normalized spacial score (nSPS) is 14.3. The van der Waals surface area contributed by atoms with Gasteiger partial charge in [0.2, 0.25) is 17.7 Å². The van der Waals surface area contributed by atoms with E-state index in [1.54, 1.807) is 9.80 Å². The van der Waals surface area contributed by atoms with Crippen molar-refractivity contribution in [3.05, 3.63) is 24.0 Å². The molecular weight excluding hydrogens is 315 g/mol. The quantitative estimate of drug-likeness (QED) is 0.855. The van der Waals surface area contributed by atoms with Gasteiger partial charge in [0.25, 0.3) is 0 Å². The standard InChI is InChI=1S/C16H21FN4O3/c1-11(22)19-15-9-13(3-4-14(15)17)18-10-16(24)21-7-5-20(6-8-21)12(2)23/h3-4,9,18H,5-8,10H2,1-2H3,(H,19,22). The first-order valence-corrected chi connectivity index (χ1v) is 7.71. The summed E-state index contributed by atoms with van der Waals surface area (Å²) in [5, 5.41) is 5.32. The predicted octanol–water partition coefficient (Wildman–Crippen LogP) is 0.887. The van der Waals surface area contributed by atoms with E-state index in [-0.39, 0.29) is 30.0 Å². The van der Waals surface area contributed by atoms with Gasteiger partial charge in [-0.2, -0.15) is 0 Å². The number of amides is 3. The highest BCUT2D eigenvalue weighted by molar-refractivity contribution is 5.89. The van der Waals surface area contributed by atoms with E-state index in [9.17, 15) is 18.8 Å². The minimum Gasteiger partial charge on any atom is -0.376 e. The van der Waals surface area contributed by atoms with Gasteiger partial charge >= 0.3 is 0 Å². The lowest BCUT2D eigenvalue weighted by Gasteiger charge is -2.34. The first kappa shape index (κ1) is 17.7. The van der Waals surface area contributed by atoms with Crippen LogP contribution in [-0.4, -0.2) is 60.2 Å². The second-order valence-electron chi connectivity index (χ2n) is 5.62. The average Bonchev–Trinajstić information content (AvgIpc) is 2.55. The van der Waals surface area contributed by atoms with Crippen molar-refractivity contribution in [3.8, 4) is 0 Å². The van der Waals surface area contributed by atoms with Gasteiger partial charge in [0, 0.05) is 45.7 Å². The van der Waals surface area contributed by atoms with E-state index >= 15 is 0 Å². The largest absolute Gasteiger partial charge is 0.376 e. The van der Waals surface area contributed by atoms with Crippen molar-refractivity contribution in [3.63, 3.8) is 0 Å². The van der Waals surface area contributed by atoms with E-state index in [0.717, 1.165) is 0 Å². The van der Waals surface area contributed by atoms with Crippen LogP contribution in [0.5, 0.6) is 0 Å². The molecular formula is C16H21FN4O3. The van der Waals surface area contributed by atoms with Crippen LogP contribution in [0.15, 0.2) is 18.2 Å². The Morgan fingerprint density at radius 3 is 2.29 bits per heavy atom. The highest BCUT2D eigenvalue weighted by atomic mass is 19.1. The van der Waals surface area contributed by atoms with E-state index in [0.29, 0.717) is 31.9 Å². The topological polar surface area (TPSA) is 81.8 Å². The van der Waals surface area contributed by atoms with Crippen molar-refractivity contribution in [1.82, 2.24) is 9.80 Å². The molecule has 0 radical (unpaired) electrons. The Hall–Kier alpha value is -2.64. The molecule has 24 heavy (non-hydrogen) atoms. The number of rotatable bonds is 4. The lowest BCUT2D eigenvalue weighted by Crippen LogP contribution is -2.51. The molecule has 2 N–H and O–H groups in total. The van der Waals surface area contributed by atoms with Crippen LogP contribution in [0.25, 0.3) is 0 Å². The molecule has 0 spiro atoms. The fourth-order valence-corrected chi connectivity index (χ4v) is 2.48. The molecule has 2 rings (SSSR count). The summed E-state index contributed by atoms with van der Waals surface area (Å²) in [4.78, 5) is 37.9. The first-order chi connectivity index (χ1) is 11.4. The molecule has 130 valence electrons. The van der Waals surface area contributed by atoms with E-state index < -0.39 is 5.82 Å². The van der Waals surface area contributed by atoms with Crippen molar-refractivity contribution in [2.24, 2.45) is 0 Å². The van der Waals surface area contributed by atoms with Crippen molar-refractivity contribution < 1.29 is 18.8 Å². The van der Waals surface area contributed by atoms with Gasteiger partial charge in [-0.1, -0.05) is 0 Å². The highest BCUT2D eigenvalue weighted by Crippen LogP contribution is 2.19. The molecule has 1 aromatic carbocycles. The summed E-state index contributed by atoms with van der Waals surface area (Å²) in [5.74, 6) is -0.992. The Morgan fingerprint density at radius 1 is 1.08 bits per heavy atom. The third kappa shape index (κ3) is 4.68. The SMILES string of the molecule is CC(=O)Nc1cc(NCC(=O)N2CCN(C(C)=O)CC2)ccc1F. The molecule has 0 atom stereocenters. The van der Waals surface area contributed by atoms with E-state index in [4.69, 9.17) is 0 Å². The summed E-state index contributed by atoms with van der Waals surface area (Å²) in [5.41, 5.74) is 0.603. The number of hydrogen-bond acceptors (Lipinski definition) is 4. The summed E-state index contributed by atoms with van der Waals surface area (Å²) in [6, 6.07) is 4.17. The fourth-order valence-electron chi connectivity index (χ4n) is 2.48. The van der Waals surface area contributed by atoms with Crippen LogP contribution >= 0.6 is 0 Å². The molecule has 8 heteroatoms. The summed E-state index contributed by atoms with van der Waals surface area (Å²) in [6.07, 6.45) is 0. The highest BCUT2D eigenvalue weighted by Gasteiger charge is 2.22. The summed E-state index contributed by atoms with van der Waals surface area (Å²) < 4.78 is 13.6. The Bertz CT molecular complexity index is 642. The number of nitrogens with one attached hydrogen (secondary N) is 2. The number of carbonyl (C=O) groups excluding carboxylic acids is 3. The maximum atomic E-state index is 13.6. The van der Waals surface area contributed by atoms with Crippen LogP contribution in [0.1, 0.15) is 13.8 Å². The minimum atomic E-state index is -0.539. The molecule has 0 bridgehead atoms. The third-order valence-electron chi connectivity index (χ3n) is 3.80. The van der Waals surface area contributed by atoms with Gasteiger partial charge in [-0.15, -0.1) is 0 Å². The van der Waals surface area contributed by atoms with E-state index in [2.05, 4.69) is 10.6 Å². The van der Waals surface area contributed by atoms with Gasteiger partial charge in [0.05, 0.1) is 12.2 Å². The molecule has 0 saturated carbocycles. The molecule has 1 aliphatic rings. The second-order valence-corrected chi connectivity index (χ2v) is 5.62. The van der Waals surface area contributed by atoms with Crippen LogP contribution in [-0.2, 0) is 14.4 Å². The number of benzene rings is 1. The van der Waals surface area contributed by atoms with E-state index in [1.807, 2.05) is 0 Å². The van der Waals surface area contributed by atoms with Gasteiger partial charge < -0.3 is 20.4 Å². The maximum Gasteiger partial charge on any atom is 0.241 e. The van der Waals surface area contributed by atoms with Gasteiger partial charge in [-0.3, -0.25) is 14.4 Å². The lowest BCUT2D eigenvalue weighted by molar-refractivity contribution is -0.137. The molecule has 1 saturated heterocycles. The maximum absolute atomic E-state index is 13.6. The first-order valence-electron chi connectivity index (χ1n) is 7.71. The number of piperazine rings is 1. The van der Waals surface area contributed by atoms with Gasteiger partial charge in [-0.25, -0.2) is 4.39 Å². The Morgan fingerprint density at radius 2 is 1.71 bits per heavy atom. The predicted molar refractivity (Wildman–Crippen MR) is 88.0 cm³/mol. The minimum absolute atomic E-state index is 0.0111. The van der Waals surface area contributed by atoms with Crippen molar-refractivity contribution in [2.45, 2.75) is 13.8 Å². The second kappa shape index (κ2) is 7.76. The fraction of sp³-hybridized carbons (Fsp3) is 0.438. The summed E-state index contributed by atoms with van der Waals surface area (Å²) >= 11 is 0. The van der Waals surface area contributed by atoms with Crippen LogP contribution in [0, 0.1) is 5.82 Å². The molecule has 1 aliphatic heterocycles. The molecule has 7 nitrogen and oxygen atoms in total. The van der Waals surface area contributed by atoms with Crippen LogP contribution in [0.3, 0.4) is 0 Å². The molecule has 1 heterocycles. The zero-order valence-electron chi connectivity index (χ0n) is 13.8. The smallest absolute Gasteiger partial charge is 0.241 e. The molecule has 1 fully saturated rings. The van der Waals surface area contributed by atoms with Crippen LogP contribution in [0.2, 0.25) is 0 Å². The van der Waals surface area contributed by atoms with Crippen molar-refractivity contribution in [2.75, 3.05) is 43.4 Å². The summed E-state index contributed by atoms with van der Waals surface area (Å²) in [7, 11) is 0. The van der Waals surface area contributed by atoms with Crippen molar-refractivity contribution >= 4 is 29.1 Å². The number of carbonyl (C=O) groups is 3. The number of halogens is 1. The Balaban J connectivity index is 1.88. The number of anilines is 2. The zero-order valence-corrected chi connectivity index (χ0v) is 13.8. The Kier molecular flexibility index (Phi) is 5.73. The van der Waals surface area contributed by atoms with Crippen LogP contribution in [0.4, 0.5) is 15.8 Å².